The van der Waals surface area contributed by atoms with E-state index in [0.29, 0.717) is 17.4 Å². The van der Waals surface area contributed by atoms with Crippen molar-refractivity contribution in [2.75, 3.05) is 6.54 Å². The monoisotopic (exact) mass is 331 g/mol. The van der Waals surface area contributed by atoms with Gasteiger partial charge in [-0.2, -0.15) is 0 Å². The first-order chi connectivity index (χ1) is 12.3. The fourth-order valence-electron chi connectivity index (χ4n) is 6.83. The number of fused-ring (bicyclic) bond motifs is 2. The Kier molecular flexibility index (Phi) is 2.81. The van der Waals surface area contributed by atoms with Gasteiger partial charge in [0.1, 0.15) is 12.4 Å². The maximum atomic E-state index is 6.16. The lowest BCUT2D eigenvalue weighted by Gasteiger charge is -2.75. The molecule has 0 amide bonds. The minimum Gasteiger partial charge on any atom is -0.489 e. The van der Waals surface area contributed by atoms with Crippen LogP contribution in [0.15, 0.2) is 48.5 Å². The third-order valence-electron chi connectivity index (χ3n) is 7.81. The Balaban J connectivity index is 1.34. The first-order valence-corrected chi connectivity index (χ1v) is 9.87. The van der Waals surface area contributed by atoms with Crippen LogP contribution in [0.25, 0.3) is 0 Å². The molecule has 4 unspecified atom stereocenters. The number of piperidine rings is 1. The second-order valence-electron chi connectivity index (χ2n) is 8.61. The molecule has 1 heterocycles. The molecule has 25 heavy (non-hydrogen) atoms. The smallest absolute Gasteiger partial charge is 0.120 e. The Morgan fingerprint density at radius 3 is 2.84 bits per heavy atom. The molecular formula is C23H25NO. The number of rotatable bonds is 3. The molecule has 3 fully saturated rings. The van der Waals surface area contributed by atoms with E-state index in [1.54, 1.807) is 11.1 Å². The second-order valence-corrected chi connectivity index (χ2v) is 8.61. The van der Waals surface area contributed by atoms with Gasteiger partial charge in [-0.3, -0.25) is 0 Å². The van der Waals surface area contributed by atoms with Crippen LogP contribution in [0.5, 0.6) is 5.75 Å². The zero-order chi connectivity index (χ0) is 16.5. The Labute approximate surface area is 149 Å². The van der Waals surface area contributed by atoms with Crippen LogP contribution in [-0.2, 0) is 18.4 Å². The zero-order valence-electron chi connectivity index (χ0n) is 14.6. The molecule has 0 aromatic heterocycles. The lowest BCUT2D eigenvalue weighted by atomic mass is 9.34. The van der Waals surface area contributed by atoms with Gasteiger partial charge >= 0.3 is 0 Å². The van der Waals surface area contributed by atoms with Gasteiger partial charge in [0, 0.05) is 23.4 Å². The molecule has 2 nitrogen and oxygen atoms in total. The van der Waals surface area contributed by atoms with E-state index in [0.717, 1.165) is 17.7 Å². The number of hydrogen-bond donors (Lipinski definition) is 1. The molecule has 4 aliphatic rings. The van der Waals surface area contributed by atoms with E-state index in [1.807, 2.05) is 0 Å². The summed E-state index contributed by atoms with van der Waals surface area (Å²) in [7, 11) is 0. The largest absolute Gasteiger partial charge is 0.489 e. The van der Waals surface area contributed by atoms with Gasteiger partial charge in [0.25, 0.3) is 0 Å². The molecular weight excluding hydrogens is 306 g/mol. The SMILES string of the molecule is c1ccc(COc2ccc3c(c2)C24CCCCC2C2NCC24C3)cc1. The van der Waals surface area contributed by atoms with Crippen LogP contribution in [-0.4, -0.2) is 12.6 Å². The van der Waals surface area contributed by atoms with Crippen LogP contribution in [0, 0.1) is 11.3 Å². The quantitative estimate of drug-likeness (QED) is 0.909. The number of ether oxygens (including phenoxy) is 1. The van der Waals surface area contributed by atoms with Crippen LogP contribution >= 0.6 is 0 Å². The molecule has 1 aliphatic heterocycles. The Bertz CT molecular complexity index is 831. The summed E-state index contributed by atoms with van der Waals surface area (Å²) in [5.74, 6) is 1.91. The summed E-state index contributed by atoms with van der Waals surface area (Å²) in [5, 5.41) is 3.77. The van der Waals surface area contributed by atoms with Crippen molar-refractivity contribution in [2.45, 2.75) is 50.2 Å². The topological polar surface area (TPSA) is 21.3 Å². The zero-order valence-corrected chi connectivity index (χ0v) is 14.6. The Hall–Kier alpha value is -1.80. The van der Waals surface area contributed by atoms with E-state index in [-0.39, 0.29) is 0 Å². The highest BCUT2D eigenvalue weighted by Crippen LogP contribution is 2.75. The van der Waals surface area contributed by atoms with Crippen molar-refractivity contribution in [3.05, 3.63) is 65.2 Å². The van der Waals surface area contributed by atoms with Gasteiger partial charge in [0.2, 0.25) is 0 Å². The van der Waals surface area contributed by atoms with E-state index in [4.69, 9.17) is 4.74 Å². The van der Waals surface area contributed by atoms with Crippen molar-refractivity contribution < 1.29 is 4.74 Å². The molecule has 6 rings (SSSR count). The molecule has 2 aromatic carbocycles. The van der Waals surface area contributed by atoms with Crippen molar-refractivity contribution in [2.24, 2.45) is 11.3 Å². The second kappa shape index (κ2) is 4.88. The summed E-state index contributed by atoms with van der Waals surface area (Å²) >= 11 is 0. The average Bonchev–Trinajstić information content (AvgIpc) is 2.91. The Morgan fingerprint density at radius 2 is 2.00 bits per heavy atom. The highest BCUT2D eigenvalue weighted by Gasteiger charge is 2.78. The highest BCUT2D eigenvalue weighted by molar-refractivity contribution is 5.55. The Morgan fingerprint density at radius 1 is 1.08 bits per heavy atom. The van der Waals surface area contributed by atoms with Crippen LogP contribution in [0.1, 0.15) is 42.4 Å². The van der Waals surface area contributed by atoms with Gasteiger partial charge < -0.3 is 10.1 Å². The summed E-state index contributed by atoms with van der Waals surface area (Å²) in [6, 6.07) is 18.2. The lowest BCUT2D eigenvalue weighted by molar-refractivity contribution is -0.187. The van der Waals surface area contributed by atoms with Gasteiger partial charge in [-0.05, 0) is 54.0 Å². The molecule has 2 heteroatoms. The first kappa shape index (κ1) is 14.4. The first-order valence-electron chi connectivity index (χ1n) is 9.87. The fourth-order valence-corrected chi connectivity index (χ4v) is 6.83. The van der Waals surface area contributed by atoms with Gasteiger partial charge in [-0.15, -0.1) is 0 Å². The lowest BCUT2D eigenvalue weighted by Crippen LogP contribution is -2.85. The summed E-state index contributed by atoms with van der Waals surface area (Å²) in [5.41, 5.74) is 5.48. The van der Waals surface area contributed by atoms with E-state index in [2.05, 4.69) is 53.8 Å². The molecule has 128 valence electrons. The molecule has 0 bridgehead atoms. The van der Waals surface area contributed by atoms with Crippen molar-refractivity contribution in [1.82, 2.24) is 5.32 Å². The number of hydrogen-bond acceptors (Lipinski definition) is 2. The summed E-state index contributed by atoms with van der Waals surface area (Å²) < 4.78 is 6.16. The van der Waals surface area contributed by atoms with E-state index < -0.39 is 0 Å². The number of nitrogens with one attached hydrogen (secondary N) is 1. The van der Waals surface area contributed by atoms with Gasteiger partial charge in [0.05, 0.1) is 0 Å². The normalized spacial score (nSPS) is 37.0. The van der Waals surface area contributed by atoms with Gasteiger partial charge in [-0.1, -0.05) is 49.2 Å². The van der Waals surface area contributed by atoms with Gasteiger partial charge in [0.15, 0.2) is 0 Å². The van der Waals surface area contributed by atoms with Crippen LogP contribution in [0.4, 0.5) is 0 Å². The van der Waals surface area contributed by atoms with Crippen LogP contribution in [0.2, 0.25) is 0 Å². The van der Waals surface area contributed by atoms with E-state index in [1.165, 1.54) is 44.2 Å². The molecule has 4 atom stereocenters. The minimum absolute atomic E-state index is 0.461. The third-order valence-corrected chi connectivity index (χ3v) is 7.81. The van der Waals surface area contributed by atoms with Crippen molar-refractivity contribution in [1.29, 1.82) is 0 Å². The summed E-state index contributed by atoms with van der Waals surface area (Å²) in [6.07, 6.45) is 6.91. The van der Waals surface area contributed by atoms with Crippen molar-refractivity contribution in [3.63, 3.8) is 0 Å². The molecule has 1 saturated heterocycles. The number of benzene rings is 2. The molecule has 1 N–H and O–H groups in total. The van der Waals surface area contributed by atoms with Crippen molar-refractivity contribution in [3.8, 4) is 5.75 Å². The van der Waals surface area contributed by atoms with Gasteiger partial charge in [-0.25, -0.2) is 0 Å². The average molecular weight is 331 g/mol. The van der Waals surface area contributed by atoms with E-state index in [9.17, 15) is 0 Å². The minimum atomic E-state index is 0.461. The standard InChI is InChI=1S/C23H25NO/c1-2-6-16(7-3-1)14-25-18-10-9-17-13-22-15-24-21(22)19-8-4-5-11-23(19,22)20(17)12-18/h1-3,6-7,9-10,12,19,21,24H,4-5,8,11,13-15H2. The summed E-state index contributed by atoms with van der Waals surface area (Å²) in [6.45, 7) is 1.88. The molecule has 2 spiro atoms. The molecule has 2 aromatic rings. The molecule has 2 saturated carbocycles. The predicted octanol–water partition coefficient (Wildman–Crippen LogP) is 4.22. The maximum Gasteiger partial charge on any atom is 0.120 e. The predicted molar refractivity (Wildman–Crippen MR) is 98.8 cm³/mol. The highest BCUT2D eigenvalue weighted by atomic mass is 16.5. The summed E-state index contributed by atoms with van der Waals surface area (Å²) in [4.78, 5) is 0. The molecule has 0 radical (unpaired) electrons. The third kappa shape index (κ3) is 1.65. The maximum absolute atomic E-state index is 6.16. The van der Waals surface area contributed by atoms with Crippen LogP contribution < -0.4 is 10.1 Å². The molecule has 3 aliphatic carbocycles. The van der Waals surface area contributed by atoms with E-state index >= 15 is 0 Å². The van der Waals surface area contributed by atoms with Crippen LogP contribution in [0.3, 0.4) is 0 Å². The fraction of sp³-hybridized carbons (Fsp3) is 0.478. The van der Waals surface area contributed by atoms with Crippen molar-refractivity contribution >= 4 is 0 Å².